The summed E-state index contributed by atoms with van der Waals surface area (Å²) in [6.45, 7) is 8.76. The van der Waals surface area contributed by atoms with Gasteiger partial charge >= 0.3 is 0 Å². The van der Waals surface area contributed by atoms with Gasteiger partial charge in [-0.05, 0) is 103 Å². The molecule has 9 rings (SSSR count). The number of aryl methyl sites for hydroxylation is 2. The van der Waals surface area contributed by atoms with Gasteiger partial charge in [0.2, 0.25) is 0 Å². The largest absolute Gasteiger partial charge is 0.309 e. The van der Waals surface area contributed by atoms with Crippen molar-refractivity contribution in [2.24, 2.45) is 0 Å². The third-order valence-electron chi connectivity index (χ3n) is 10.2. The van der Waals surface area contributed by atoms with E-state index in [9.17, 15) is 0 Å². The molecule has 0 unspecified atom stereocenters. The zero-order valence-electron chi connectivity index (χ0n) is 33.0. The van der Waals surface area contributed by atoms with E-state index < -0.39 is 6.04 Å². The summed E-state index contributed by atoms with van der Waals surface area (Å²) >= 11 is 0. The predicted molar refractivity (Wildman–Crippen MR) is 209 cm³/mol. The molecular weight excluding hydrogens is 593 g/mol. The summed E-state index contributed by atoms with van der Waals surface area (Å²) in [6, 6.07) is 43.5. The molecule has 49 heavy (non-hydrogen) atoms. The van der Waals surface area contributed by atoms with E-state index in [0.717, 1.165) is 44.2 Å². The molecule has 2 nitrogen and oxygen atoms in total. The van der Waals surface area contributed by atoms with Crippen molar-refractivity contribution in [1.29, 1.82) is 0 Å². The Labute approximate surface area is 294 Å². The van der Waals surface area contributed by atoms with Crippen molar-refractivity contribution in [3.63, 3.8) is 0 Å². The first-order valence-corrected chi connectivity index (χ1v) is 16.8. The minimum Gasteiger partial charge on any atom is -0.309 e. The van der Waals surface area contributed by atoms with Gasteiger partial charge < -0.3 is 9.13 Å². The molecule has 0 amide bonds. The molecule has 0 saturated heterocycles. The highest BCUT2D eigenvalue weighted by Crippen LogP contribution is 2.40. The summed E-state index contributed by atoms with van der Waals surface area (Å²) in [5.74, 6) is 0. The molecule has 2 aromatic heterocycles. The van der Waals surface area contributed by atoms with Crippen LogP contribution in [0.25, 0.3) is 66.1 Å². The number of benzene rings is 7. The topological polar surface area (TPSA) is 9.86 Å². The fraction of sp³-hybridized carbons (Fsp3) is 0.106. The van der Waals surface area contributed by atoms with Crippen molar-refractivity contribution in [2.75, 3.05) is 0 Å². The maximum atomic E-state index is 8.77. The predicted octanol–water partition coefficient (Wildman–Crippen LogP) is 12.5. The minimum absolute atomic E-state index is 0.194. The van der Waals surface area contributed by atoms with Gasteiger partial charge in [0.1, 0.15) is 0 Å². The Bertz CT molecular complexity index is 2900. The fourth-order valence-corrected chi connectivity index (χ4v) is 7.56. The van der Waals surface area contributed by atoms with Gasteiger partial charge in [-0.15, -0.1) is 0 Å². The molecule has 0 aliphatic rings. The molecule has 7 aromatic carbocycles. The van der Waals surface area contributed by atoms with Gasteiger partial charge in [0.15, 0.2) is 0 Å². The van der Waals surface area contributed by atoms with E-state index in [1.54, 1.807) is 0 Å². The molecule has 0 fully saturated rings. The van der Waals surface area contributed by atoms with Crippen LogP contribution in [-0.2, 0) is 5.41 Å². The van der Waals surface area contributed by atoms with Crippen molar-refractivity contribution in [1.82, 2.24) is 9.13 Å². The Hall–Kier alpha value is -5.86. The molecule has 9 aromatic rings. The van der Waals surface area contributed by atoms with Gasteiger partial charge in [-0.3, -0.25) is 0 Å². The summed E-state index contributed by atoms with van der Waals surface area (Å²) in [7, 11) is 0. The molecule has 0 bridgehead atoms. The third-order valence-corrected chi connectivity index (χ3v) is 10.2. The maximum Gasteiger partial charge on any atom is 0.0629 e. The second-order valence-corrected chi connectivity index (χ2v) is 13.7. The van der Waals surface area contributed by atoms with Gasteiger partial charge in [0.05, 0.1) is 28.9 Å². The summed E-state index contributed by atoms with van der Waals surface area (Å²) < 4.78 is 47.1. The van der Waals surface area contributed by atoms with Crippen LogP contribution in [0.5, 0.6) is 0 Å². The molecule has 2 heterocycles. The van der Waals surface area contributed by atoms with Crippen molar-refractivity contribution in [2.45, 2.75) is 33.1 Å². The van der Waals surface area contributed by atoms with E-state index in [4.69, 9.17) is 6.85 Å². The van der Waals surface area contributed by atoms with Gasteiger partial charge in [0, 0.05) is 38.3 Å². The fourth-order valence-electron chi connectivity index (χ4n) is 7.56. The zero-order chi connectivity index (χ0) is 37.6. The van der Waals surface area contributed by atoms with E-state index in [2.05, 4.69) is 140 Å². The molecular formula is C47H38N2. The second-order valence-electron chi connectivity index (χ2n) is 13.7. The van der Waals surface area contributed by atoms with Crippen LogP contribution in [0.15, 0.2) is 158 Å². The molecule has 0 radical (unpaired) electrons. The van der Waals surface area contributed by atoms with E-state index in [1.165, 1.54) is 33.0 Å². The average Bonchev–Trinajstić information content (AvgIpc) is 3.68. The second kappa shape index (κ2) is 11.1. The van der Waals surface area contributed by atoms with Crippen LogP contribution in [0.4, 0.5) is 0 Å². The molecule has 2 heteroatoms. The van der Waals surface area contributed by atoms with Crippen molar-refractivity contribution in [3.8, 4) is 22.5 Å². The van der Waals surface area contributed by atoms with Crippen LogP contribution in [0.2, 0.25) is 0 Å². The molecule has 0 aliphatic carbocycles. The van der Waals surface area contributed by atoms with E-state index >= 15 is 0 Å². The lowest BCUT2D eigenvalue weighted by Gasteiger charge is -2.27. The Kier molecular flexibility index (Phi) is 5.51. The first kappa shape index (κ1) is 24.3. The number of hydrogen-bond acceptors (Lipinski definition) is 0. The summed E-state index contributed by atoms with van der Waals surface area (Å²) in [5.41, 5.74) is 11.6. The van der Waals surface area contributed by atoms with Crippen molar-refractivity contribution < 1.29 is 6.85 Å². The standard InChI is InChI=1S/C47H38N2/c1-31-18-22-43-39(26-31)40-27-32(2)19-23-44(40)49(43)38-21-25-46-42(30-38)41-28-34(33-12-7-5-8-13-33)20-24-45(41)48(46)37-17-11-16-36(29-37)47(3,4)35-14-9-6-10-15-35/h5-30H,1-4H3/i5D,7D,8D,12D,13D. The highest BCUT2D eigenvalue weighted by molar-refractivity contribution is 6.13. The third kappa shape index (κ3) is 4.70. The molecule has 0 N–H and O–H groups in total. The first-order valence-electron chi connectivity index (χ1n) is 19.3. The highest BCUT2D eigenvalue weighted by Gasteiger charge is 2.24. The maximum absolute atomic E-state index is 8.77. The number of rotatable bonds is 5. The Morgan fingerprint density at radius 1 is 0.449 bits per heavy atom. The van der Waals surface area contributed by atoms with E-state index in [0.29, 0.717) is 5.56 Å². The lowest BCUT2D eigenvalue weighted by Crippen LogP contribution is -2.19. The van der Waals surface area contributed by atoms with Gasteiger partial charge in [0.25, 0.3) is 0 Å². The number of fused-ring (bicyclic) bond motifs is 6. The quantitative estimate of drug-likeness (QED) is 0.178. The number of aromatic nitrogens is 2. The molecule has 0 spiro atoms. The lowest BCUT2D eigenvalue weighted by atomic mass is 9.78. The molecule has 236 valence electrons. The smallest absolute Gasteiger partial charge is 0.0629 e. The van der Waals surface area contributed by atoms with E-state index in [-0.39, 0.29) is 35.1 Å². The zero-order valence-corrected chi connectivity index (χ0v) is 28.0. The molecule has 0 saturated carbocycles. The SMILES string of the molecule is [2H]c1c([2H])c([2H])c(-c2ccc3c(c2)c2cc(-n4c5ccc(C)cc5c5cc(C)ccc54)ccc2n3-c2cccc(C(C)(C)c3ccccc3)c2)c([2H])c1[2H]. The normalized spacial score (nSPS) is 13.5. The van der Waals surface area contributed by atoms with Crippen molar-refractivity contribution >= 4 is 43.6 Å². The van der Waals surface area contributed by atoms with Gasteiger partial charge in [-0.25, -0.2) is 0 Å². The van der Waals surface area contributed by atoms with Crippen molar-refractivity contribution in [3.05, 3.63) is 180 Å². The number of hydrogen-bond donors (Lipinski definition) is 0. The van der Waals surface area contributed by atoms with Crippen LogP contribution < -0.4 is 0 Å². The summed E-state index contributed by atoms with van der Waals surface area (Å²) in [6.07, 6.45) is 0. The Balaban J connectivity index is 1.34. The molecule has 0 aliphatic heterocycles. The Morgan fingerprint density at radius 3 is 1.63 bits per heavy atom. The Morgan fingerprint density at radius 2 is 0.980 bits per heavy atom. The van der Waals surface area contributed by atoms with E-state index in [1.807, 2.05) is 24.3 Å². The highest BCUT2D eigenvalue weighted by atomic mass is 15.0. The first-order chi connectivity index (χ1) is 25.9. The molecule has 0 atom stereocenters. The summed E-state index contributed by atoms with van der Waals surface area (Å²) in [5, 5.41) is 4.34. The van der Waals surface area contributed by atoms with Crippen LogP contribution >= 0.6 is 0 Å². The van der Waals surface area contributed by atoms with Crippen LogP contribution in [0.3, 0.4) is 0 Å². The van der Waals surface area contributed by atoms with Gasteiger partial charge in [-0.1, -0.05) is 116 Å². The monoisotopic (exact) mass is 635 g/mol. The summed E-state index contributed by atoms with van der Waals surface area (Å²) in [4.78, 5) is 0. The van der Waals surface area contributed by atoms with Crippen LogP contribution in [0.1, 0.15) is 43.0 Å². The van der Waals surface area contributed by atoms with Gasteiger partial charge in [-0.2, -0.15) is 0 Å². The average molecular weight is 636 g/mol. The minimum atomic E-state index is -0.397. The number of nitrogens with zero attached hydrogens (tertiary/aromatic N) is 2. The van der Waals surface area contributed by atoms with Crippen LogP contribution in [0, 0.1) is 13.8 Å². The van der Waals surface area contributed by atoms with Crippen LogP contribution in [-0.4, -0.2) is 9.13 Å². The lowest BCUT2D eigenvalue weighted by molar-refractivity contribution is 0.640.